The summed E-state index contributed by atoms with van der Waals surface area (Å²) in [5, 5.41) is 6.91. The third-order valence-corrected chi connectivity index (χ3v) is 4.46. The molecule has 29 heavy (non-hydrogen) atoms. The van der Waals surface area contributed by atoms with Crippen molar-refractivity contribution in [2.75, 3.05) is 7.11 Å². The second kappa shape index (κ2) is 7.80. The van der Waals surface area contributed by atoms with Gasteiger partial charge in [0.2, 0.25) is 0 Å². The Bertz CT molecular complexity index is 1240. The summed E-state index contributed by atoms with van der Waals surface area (Å²) in [6, 6.07) is 12.1. The van der Waals surface area contributed by atoms with E-state index in [2.05, 4.69) is 15.5 Å². The van der Waals surface area contributed by atoms with Crippen LogP contribution in [0, 0.1) is 0 Å². The molecule has 1 amide bonds. The monoisotopic (exact) mass is 414 g/mol. The zero-order chi connectivity index (χ0) is 20.4. The summed E-state index contributed by atoms with van der Waals surface area (Å²) in [5.41, 5.74) is 1.68. The molecule has 1 N–H and O–H groups in total. The maximum Gasteiger partial charge on any atom is 0.420 e. The fourth-order valence-corrected chi connectivity index (χ4v) is 3.00. The fraction of sp³-hybridized carbons (Fsp3) is 0.158. The highest BCUT2D eigenvalue weighted by molar-refractivity contribution is 6.31. The Kier molecular flexibility index (Phi) is 5.05. The average Bonchev–Trinajstić information content (AvgIpc) is 3.31. The summed E-state index contributed by atoms with van der Waals surface area (Å²) >= 11 is 5.99. The number of oxazole rings is 1. The predicted octanol–water partition coefficient (Wildman–Crippen LogP) is 2.62. The molecule has 4 rings (SSSR count). The van der Waals surface area contributed by atoms with Crippen molar-refractivity contribution < 1.29 is 18.5 Å². The first-order chi connectivity index (χ1) is 14.0. The predicted molar refractivity (Wildman–Crippen MR) is 103 cm³/mol. The molecule has 10 heteroatoms. The van der Waals surface area contributed by atoms with E-state index in [0.29, 0.717) is 21.9 Å². The van der Waals surface area contributed by atoms with Crippen LogP contribution < -0.4 is 15.8 Å². The van der Waals surface area contributed by atoms with E-state index >= 15 is 0 Å². The van der Waals surface area contributed by atoms with E-state index in [-0.39, 0.29) is 24.8 Å². The highest BCUT2D eigenvalue weighted by Gasteiger charge is 2.18. The number of hydrogen-bond donors (Lipinski definition) is 1. The molecular formula is C19H15ClN4O5. The van der Waals surface area contributed by atoms with E-state index in [1.807, 2.05) is 18.2 Å². The minimum atomic E-state index is -0.589. The number of nitrogens with one attached hydrogen (secondary N) is 1. The molecule has 2 heterocycles. The Hall–Kier alpha value is -3.59. The van der Waals surface area contributed by atoms with Crippen LogP contribution in [0.1, 0.15) is 22.1 Å². The summed E-state index contributed by atoms with van der Waals surface area (Å²) < 4.78 is 16.7. The van der Waals surface area contributed by atoms with Crippen LogP contribution in [0.3, 0.4) is 0 Å². The van der Waals surface area contributed by atoms with Gasteiger partial charge in [0.1, 0.15) is 5.75 Å². The molecule has 2 aromatic heterocycles. The first kappa shape index (κ1) is 18.8. The summed E-state index contributed by atoms with van der Waals surface area (Å²) in [6.45, 7) is 0.195. The number of fused-ring (bicyclic) bond motifs is 1. The number of para-hydroxylation sites is 1. The van der Waals surface area contributed by atoms with E-state index in [1.54, 1.807) is 31.4 Å². The number of hydrogen-bond acceptors (Lipinski definition) is 7. The second-order valence-electron chi connectivity index (χ2n) is 6.08. The number of halogens is 1. The molecule has 0 fully saturated rings. The smallest absolute Gasteiger partial charge is 0.420 e. The molecule has 4 aromatic rings. The van der Waals surface area contributed by atoms with Gasteiger partial charge < -0.3 is 19.0 Å². The SMILES string of the molecule is COc1ccccc1CNC(=O)c1nc(Cn2c(=O)oc3ccc(Cl)cc32)no1. The fourth-order valence-electron chi connectivity index (χ4n) is 2.84. The maximum absolute atomic E-state index is 12.3. The van der Waals surface area contributed by atoms with Gasteiger partial charge in [0.25, 0.3) is 0 Å². The normalized spacial score (nSPS) is 11.0. The first-order valence-corrected chi connectivity index (χ1v) is 8.94. The van der Waals surface area contributed by atoms with Crippen LogP contribution in [0.2, 0.25) is 5.02 Å². The lowest BCUT2D eigenvalue weighted by molar-refractivity contribution is 0.0906. The molecule has 0 aliphatic heterocycles. The Labute approximate surface area is 168 Å². The van der Waals surface area contributed by atoms with Crippen molar-refractivity contribution in [3.05, 3.63) is 75.3 Å². The van der Waals surface area contributed by atoms with Crippen molar-refractivity contribution >= 4 is 28.6 Å². The zero-order valence-electron chi connectivity index (χ0n) is 15.2. The number of nitrogens with zero attached hydrogens (tertiary/aromatic N) is 3. The minimum absolute atomic E-state index is 0.0323. The second-order valence-corrected chi connectivity index (χ2v) is 6.51. The molecule has 0 aliphatic carbocycles. The van der Waals surface area contributed by atoms with Crippen LogP contribution in [0.25, 0.3) is 11.1 Å². The average molecular weight is 415 g/mol. The minimum Gasteiger partial charge on any atom is -0.496 e. The van der Waals surface area contributed by atoms with Gasteiger partial charge in [0.15, 0.2) is 11.4 Å². The Balaban J connectivity index is 1.49. The van der Waals surface area contributed by atoms with Crippen LogP contribution in [-0.4, -0.2) is 27.7 Å². The van der Waals surface area contributed by atoms with Crippen molar-refractivity contribution in [1.82, 2.24) is 20.0 Å². The van der Waals surface area contributed by atoms with Crippen LogP contribution >= 0.6 is 11.6 Å². The molecule has 0 atom stereocenters. The molecule has 0 bridgehead atoms. The molecule has 0 saturated heterocycles. The van der Waals surface area contributed by atoms with Crippen LogP contribution in [0.15, 0.2) is 56.2 Å². The summed E-state index contributed by atoms with van der Waals surface area (Å²) in [4.78, 5) is 28.5. The van der Waals surface area contributed by atoms with Gasteiger partial charge in [0.05, 0.1) is 19.2 Å². The van der Waals surface area contributed by atoms with Crippen molar-refractivity contribution in [3.63, 3.8) is 0 Å². The third kappa shape index (κ3) is 3.85. The van der Waals surface area contributed by atoms with Gasteiger partial charge in [-0.1, -0.05) is 35.0 Å². The Morgan fingerprint density at radius 3 is 2.93 bits per heavy atom. The molecule has 0 saturated carbocycles. The summed E-state index contributed by atoms with van der Waals surface area (Å²) in [5.74, 6) is -0.536. The van der Waals surface area contributed by atoms with Crippen molar-refractivity contribution in [2.24, 2.45) is 0 Å². The molecular weight excluding hydrogens is 400 g/mol. The van der Waals surface area contributed by atoms with Crippen LogP contribution in [0.5, 0.6) is 5.75 Å². The lowest BCUT2D eigenvalue weighted by Gasteiger charge is -2.07. The Morgan fingerprint density at radius 1 is 1.28 bits per heavy atom. The van der Waals surface area contributed by atoms with Gasteiger partial charge in [-0.3, -0.25) is 9.36 Å². The van der Waals surface area contributed by atoms with E-state index < -0.39 is 11.7 Å². The van der Waals surface area contributed by atoms with Gasteiger partial charge in [-0.15, -0.1) is 0 Å². The van der Waals surface area contributed by atoms with Crippen LogP contribution in [-0.2, 0) is 13.1 Å². The maximum atomic E-state index is 12.3. The lowest BCUT2D eigenvalue weighted by Crippen LogP contribution is -2.23. The lowest BCUT2D eigenvalue weighted by atomic mass is 10.2. The quantitative estimate of drug-likeness (QED) is 0.516. The molecule has 148 valence electrons. The number of carbonyl (C=O) groups is 1. The molecule has 0 aliphatic rings. The first-order valence-electron chi connectivity index (χ1n) is 8.56. The van der Waals surface area contributed by atoms with Gasteiger partial charge in [-0.2, -0.15) is 4.98 Å². The number of aromatic nitrogens is 3. The van der Waals surface area contributed by atoms with Crippen LogP contribution in [0.4, 0.5) is 0 Å². The number of amides is 1. The van der Waals surface area contributed by atoms with E-state index in [1.165, 1.54) is 4.57 Å². The highest BCUT2D eigenvalue weighted by atomic mass is 35.5. The number of ether oxygens (including phenoxy) is 1. The van der Waals surface area contributed by atoms with Crippen molar-refractivity contribution in [3.8, 4) is 5.75 Å². The van der Waals surface area contributed by atoms with Crippen molar-refractivity contribution in [2.45, 2.75) is 13.1 Å². The number of carbonyl (C=O) groups excluding carboxylic acids is 1. The summed E-state index contributed by atoms with van der Waals surface area (Å²) in [6.07, 6.45) is 0. The molecule has 9 nitrogen and oxygen atoms in total. The number of rotatable bonds is 6. The standard InChI is InChI=1S/C19H15ClN4O5/c1-27-14-5-3-2-4-11(14)9-21-17(25)18-22-16(23-29-18)10-24-13-8-12(20)6-7-15(13)28-19(24)26/h2-8H,9-10H2,1H3,(H,21,25). The van der Waals surface area contributed by atoms with E-state index in [4.69, 9.17) is 25.3 Å². The van der Waals surface area contributed by atoms with Gasteiger partial charge in [-0.05, 0) is 24.3 Å². The molecule has 0 spiro atoms. The molecule has 2 aromatic carbocycles. The van der Waals surface area contributed by atoms with E-state index in [0.717, 1.165) is 5.56 Å². The van der Waals surface area contributed by atoms with Gasteiger partial charge in [-0.25, -0.2) is 4.79 Å². The molecule has 0 radical (unpaired) electrons. The van der Waals surface area contributed by atoms with Gasteiger partial charge in [0, 0.05) is 17.1 Å². The Morgan fingerprint density at radius 2 is 2.10 bits per heavy atom. The number of benzene rings is 2. The van der Waals surface area contributed by atoms with Crippen molar-refractivity contribution in [1.29, 1.82) is 0 Å². The third-order valence-electron chi connectivity index (χ3n) is 4.22. The number of methoxy groups -OCH3 is 1. The van der Waals surface area contributed by atoms with E-state index in [9.17, 15) is 9.59 Å². The largest absolute Gasteiger partial charge is 0.496 e. The highest BCUT2D eigenvalue weighted by Crippen LogP contribution is 2.19. The summed E-state index contributed by atoms with van der Waals surface area (Å²) in [7, 11) is 1.56. The molecule has 0 unspecified atom stereocenters. The van der Waals surface area contributed by atoms with Gasteiger partial charge >= 0.3 is 17.6 Å². The zero-order valence-corrected chi connectivity index (χ0v) is 16.0. The topological polar surface area (TPSA) is 112 Å².